The third-order valence-corrected chi connectivity index (χ3v) is 5.87. The summed E-state index contributed by atoms with van der Waals surface area (Å²) in [5.41, 5.74) is 0.905. The third kappa shape index (κ3) is 4.33. The predicted molar refractivity (Wildman–Crippen MR) is 132 cm³/mol. The lowest BCUT2D eigenvalue weighted by molar-refractivity contribution is 0.0713. The lowest BCUT2D eigenvalue weighted by Crippen LogP contribution is -2.42. The lowest BCUT2D eigenvalue weighted by Gasteiger charge is -2.31. The highest BCUT2D eigenvalue weighted by molar-refractivity contribution is 6.01. The molecule has 4 aromatic carbocycles. The van der Waals surface area contributed by atoms with Crippen LogP contribution in [0.25, 0.3) is 0 Å². The van der Waals surface area contributed by atoms with E-state index in [9.17, 15) is 9.59 Å². The van der Waals surface area contributed by atoms with Crippen LogP contribution in [0.2, 0.25) is 0 Å². The molecule has 1 heterocycles. The third-order valence-electron chi connectivity index (χ3n) is 5.87. The average molecular weight is 498 g/mol. The van der Waals surface area contributed by atoms with Crippen molar-refractivity contribution in [3.05, 3.63) is 137 Å². The van der Waals surface area contributed by atoms with Gasteiger partial charge in [0.05, 0.1) is 16.7 Å². The highest BCUT2D eigenvalue weighted by Crippen LogP contribution is 2.42. The second kappa shape index (κ2) is 9.66. The highest BCUT2D eigenvalue weighted by atomic mass is 19.1. The summed E-state index contributed by atoms with van der Waals surface area (Å²) in [6, 6.07) is 24.8. The van der Waals surface area contributed by atoms with E-state index in [0.717, 1.165) is 12.1 Å². The molecule has 4 aromatic rings. The molecule has 1 atom stereocenters. The van der Waals surface area contributed by atoms with Crippen molar-refractivity contribution < 1.29 is 27.8 Å². The highest BCUT2D eigenvalue weighted by Gasteiger charge is 2.48. The zero-order valence-electron chi connectivity index (χ0n) is 19.6. The Kier molecular flexibility index (Phi) is 6.23. The molecule has 184 valence electrons. The minimum absolute atomic E-state index is 0.0250. The van der Waals surface area contributed by atoms with Crippen LogP contribution in [-0.4, -0.2) is 17.7 Å². The Morgan fingerprint density at radius 2 is 1.46 bits per heavy atom. The van der Waals surface area contributed by atoms with Crippen LogP contribution in [0, 0.1) is 11.6 Å². The second-order valence-electron chi connectivity index (χ2n) is 8.27. The Morgan fingerprint density at radius 3 is 2.11 bits per heavy atom. The van der Waals surface area contributed by atoms with E-state index in [1.165, 1.54) is 31.2 Å². The van der Waals surface area contributed by atoms with Crippen LogP contribution in [0.15, 0.2) is 102 Å². The number of nitrogens with one attached hydrogen (secondary N) is 1. The number of ketones is 1. The summed E-state index contributed by atoms with van der Waals surface area (Å²) >= 11 is 0. The maximum absolute atomic E-state index is 15.2. The fourth-order valence-corrected chi connectivity index (χ4v) is 4.22. The normalized spacial score (nSPS) is 16.4. The Bertz CT molecular complexity index is 1500. The monoisotopic (exact) mass is 498 g/mol. The lowest BCUT2D eigenvalue weighted by atomic mass is 9.88. The van der Waals surface area contributed by atoms with Crippen molar-refractivity contribution in [1.29, 1.82) is 0 Å². The van der Waals surface area contributed by atoms with Crippen molar-refractivity contribution in [2.24, 2.45) is 5.10 Å². The fraction of sp³-hybridized carbons (Fsp3) is 0.0690. The van der Waals surface area contributed by atoms with Crippen LogP contribution in [0.4, 0.5) is 8.78 Å². The van der Waals surface area contributed by atoms with E-state index < -0.39 is 34.7 Å². The second-order valence-corrected chi connectivity index (χ2v) is 8.27. The molecular weight excluding hydrogens is 478 g/mol. The minimum atomic E-state index is -2.07. The average Bonchev–Trinajstić information content (AvgIpc) is 3.35. The summed E-state index contributed by atoms with van der Waals surface area (Å²) in [7, 11) is 0. The van der Waals surface area contributed by atoms with Crippen molar-refractivity contribution >= 4 is 17.7 Å². The van der Waals surface area contributed by atoms with Crippen molar-refractivity contribution in [3.63, 3.8) is 0 Å². The molecule has 37 heavy (non-hydrogen) atoms. The molecule has 0 aliphatic carbocycles. The molecule has 1 aliphatic rings. The van der Waals surface area contributed by atoms with Gasteiger partial charge in [0.1, 0.15) is 17.4 Å². The molecule has 8 heteroatoms. The molecule has 0 saturated carbocycles. The van der Waals surface area contributed by atoms with Crippen molar-refractivity contribution in [2.75, 3.05) is 0 Å². The van der Waals surface area contributed by atoms with Gasteiger partial charge in [0, 0.05) is 11.1 Å². The first kappa shape index (κ1) is 23.9. The number of esters is 1. The Balaban J connectivity index is 1.68. The van der Waals surface area contributed by atoms with Gasteiger partial charge in [-0.25, -0.2) is 13.6 Å². The molecule has 5 rings (SSSR count). The molecule has 0 fully saturated rings. The molecule has 0 bridgehead atoms. The maximum atomic E-state index is 15.2. The van der Waals surface area contributed by atoms with Gasteiger partial charge in [-0.2, -0.15) is 0 Å². The van der Waals surface area contributed by atoms with Gasteiger partial charge in [-0.1, -0.05) is 54.6 Å². The van der Waals surface area contributed by atoms with E-state index in [0.29, 0.717) is 5.56 Å². The van der Waals surface area contributed by atoms with Gasteiger partial charge in [0.2, 0.25) is 5.90 Å². The first-order valence-corrected chi connectivity index (χ1v) is 11.4. The van der Waals surface area contributed by atoms with E-state index in [-0.39, 0.29) is 28.3 Å². The molecule has 0 saturated heterocycles. The number of nitrogens with zero attached hydrogens (tertiary/aromatic N) is 1. The van der Waals surface area contributed by atoms with Gasteiger partial charge in [-0.05, 0) is 49.4 Å². The quantitative estimate of drug-likeness (QED) is 0.214. The Hall–Kier alpha value is -4.85. The molecule has 0 spiro atoms. The number of benzene rings is 4. The van der Waals surface area contributed by atoms with Crippen LogP contribution in [-0.2, 0) is 10.5 Å². The number of hydrogen-bond donors (Lipinski definition) is 1. The van der Waals surface area contributed by atoms with Crippen LogP contribution < -0.4 is 10.2 Å². The Morgan fingerprint density at radius 1 is 0.838 bits per heavy atom. The number of rotatable bonds is 6. The van der Waals surface area contributed by atoms with E-state index in [4.69, 9.17) is 9.47 Å². The van der Waals surface area contributed by atoms with E-state index in [2.05, 4.69) is 10.5 Å². The molecule has 1 N–H and O–H groups in total. The standard InChI is InChI=1S/C29H20F2N2O4/c1-18(34)25-21(14-8-17-24(25)36-28(35)20-12-6-3-7-13-20)29(26-22(30)15-9-16-23(26)31)33-32-27(37-29)19-10-4-2-5-11-19/h2-17,33H,1H3. The molecule has 0 amide bonds. The van der Waals surface area contributed by atoms with E-state index in [1.807, 2.05) is 0 Å². The summed E-state index contributed by atoms with van der Waals surface area (Å²) in [4.78, 5) is 25.8. The van der Waals surface area contributed by atoms with Crippen molar-refractivity contribution in [2.45, 2.75) is 12.6 Å². The van der Waals surface area contributed by atoms with E-state index >= 15 is 8.78 Å². The van der Waals surface area contributed by atoms with Crippen molar-refractivity contribution in [1.82, 2.24) is 5.43 Å². The van der Waals surface area contributed by atoms with Crippen LogP contribution in [0.1, 0.15) is 44.3 Å². The van der Waals surface area contributed by atoms with Gasteiger partial charge in [-0.15, -0.1) is 5.10 Å². The molecule has 0 aromatic heterocycles. The minimum Gasteiger partial charge on any atom is -0.439 e. The number of Topliss-reactive ketones (excluding diaryl/α,β-unsaturated/α-hetero) is 1. The summed E-state index contributed by atoms with van der Waals surface area (Å²) in [5, 5.41) is 4.23. The summed E-state index contributed by atoms with van der Waals surface area (Å²) in [6.07, 6.45) is 0. The van der Waals surface area contributed by atoms with Gasteiger partial charge in [0.25, 0.3) is 5.72 Å². The largest absolute Gasteiger partial charge is 0.439 e. The van der Waals surface area contributed by atoms with Gasteiger partial charge in [0.15, 0.2) is 5.78 Å². The smallest absolute Gasteiger partial charge is 0.343 e. The first-order valence-electron chi connectivity index (χ1n) is 11.4. The van der Waals surface area contributed by atoms with Crippen LogP contribution >= 0.6 is 0 Å². The first-order chi connectivity index (χ1) is 17.9. The van der Waals surface area contributed by atoms with Gasteiger partial charge in [-0.3, -0.25) is 10.2 Å². The number of halogens is 2. The molecule has 1 aliphatic heterocycles. The predicted octanol–water partition coefficient (Wildman–Crippen LogP) is 5.57. The zero-order chi connectivity index (χ0) is 26.0. The Labute approximate surface area is 211 Å². The molecule has 6 nitrogen and oxygen atoms in total. The number of hydrazone groups is 1. The summed E-state index contributed by atoms with van der Waals surface area (Å²) < 4.78 is 42.2. The number of ether oxygens (including phenoxy) is 2. The summed E-state index contributed by atoms with van der Waals surface area (Å²) in [5.74, 6) is -3.08. The van der Waals surface area contributed by atoms with Gasteiger partial charge >= 0.3 is 5.97 Å². The summed E-state index contributed by atoms with van der Waals surface area (Å²) in [6.45, 7) is 1.26. The van der Waals surface area contributed by atoms with Crippen molar-refractivity contribution in [3.8, 4) is 5.75 Å². The van der Waals surface area contributed by atoms with Crippen LogP contribution in [0.3, 0.4) is 0 Å². The zero-order valence-corrected chi connectivity index (χ0v) is 19.6. The SMILES string of the molecule is CC(=O)c1c(OC(=O)c2ccccc2)cccc1C1(c2c(F)cccc2F)NN=C(c2ccccc2)O1. The molecule has 1 unspecified atom stereocenters. The molecule has 0 radical (unpaired) electrons. The van der Waals surface area contributed by atoms with Crippen LogP contribution in [0.5, 0.6) is 5.75 Å². The van der Waals surface area contributed by atoms with Gasteiger partial charge < -0.3 is 9.47 Å². The maximum Gasteiger partial charge on any atom is 0.343 e. The molecular formula is C29H20F2N2O4. The number of hydrogen-bond acceptors (Lipinski definition) is 6. The number of carbonyl (C=O) groups is 2. The fourth-order valence-electron chi connectivity index (χ4n) is 4.22. The van der Waals surface area contributed by atoms with E-state index in [1.54, 1.807) is 60.7 Å². The number of carbonyl (C=O) groups excluding carboxylic acids is 2. The topological polar surface area (TPSA) is 77.0 Å².